The highest BCUT2D eigenvalue weighted by molar-refractivity contribution is 5.89. The molecule has 0 aliphatic heterocycles. The summed E-state index contributed by atoms with van der Waals surface area (Å²) in [6, 6.07) is 12.7. The number of carboxylic acids is 5. The molecule has 2 aromatic carbocycles. The minimum Gasteiger partial charge on any atom is -0.480 e. The van der Waals surface area contributed by atoms with E-state index in [0.717, 1.165) is 22.0 Å². The van der Waals surface area contributed by atoms with Crippen LogP contribution in [0.3, 0.4) is 0 Å². The van der Waals surface area contributed by atoms with Crippen molar-refractivity contribution >= 4 is 58.6 Å². The number of guanidine groups is 1. The number of aromatic amines is 1. The second-order valence-corrected chi connectivity index (χ2v) is 13.5. The highest BCUT2D eigenvalue weighted by Gasteiger charge is 2.18. The van der Waals surface area contributed by atoms with Crippen LogP contribution < -0.4 is 51.6 Å². The van der Waals surface area contributed by atoms with Crippen molar-refractivity contribution < 1.29 is 68.9 Å². The van der Waals surface area contributed by atoms with E-state index in [-0.39, 0.29) is 19.0 Å². The zero-order valence-corrected chi connectivity index (χ0v) is 35.7. The number of ether oxygens (including phenoxy) is 1. The lowest BCUT2D eigenvalue weighted by atomic mass is 10.1. The van der Waals surface area contributed by atoms with Crippen LogP contribution in [0.1, 0.15) is 44.2 Å². The summed E-state index contributed by atoms with van der Waals surface area (Å²) in [5.74, 6) is -6.18. The topological polar surface area (TPSA) is 512 Å². The number of aliphatic hydroxyl groups excluding tert-OH is 1. The van der Waals surface area contributed by atoms with Gasteiger partial charge in [-0.3, -0.25) is 33.8 Å². The molecule has 3 rings (SSSR count). The Morgan fingerprint density at radius 3 is 1.58 bits per heavy atom. The van der Waals surface area contributed by atoms with Gasteiger partial charge in [-0.2, -0.15) is 0 Å². The number of carbonyl (C=O) groups excluding carboxylic acids is 2. The minimum absolute atomic E-state index is 0.0129. The van der Waals surface area contributed by atoms with E-state index in [1.54, 1.807) is 0 Å². The lowest BCUT2D eigenvalue weighted by Crippen LogP contribution is -2.36. The predicted octanol–water partition coefficient (Wildman–Crippen LogP) is -2.98. The third kappa shape index (κ3) is 33.1. The largest absolute Gasteiger partial charge is 0.480 e. The summed E-state index contributed by atoms with van der Waals surface area (Å²) in [6.45, 7) is 3.20. The number of nitrogens with one attached hydrogen (secondary N) is 1. The number of aliphatic hydroxyl groups is 1. The van der Waals surface area contributed by atoms with Gasteiger partial charge in [-0.25, -0.2) is 4.79 Å². The molecule has 360 valence electrons. The maximum Gasteiger partial charge on any atom is 0.330 e. The molecule has 5 atom stereocenters. The molecule has 0 aliphatic rings. The molecule has 0 radical (unpaired) electrons. The normalized spacial score (nSPS) is 12.2. The number of aliphatic imine (C=N–C) groups is 1. The number of hydrogen-bond donors (Lipinski definition) is 16. The third-order valence-corrected chi connectivity index (χ3v) is 7.43. The highest BCUT2D eigenvalue weighted by atomic mass is 16.6. The van der Waals surface area contributed by atoms with E-state index in [1.165, 1.54) is 0 Å². The number of nitrogens with two attached hydrogens (primary N) is 9. The number of fused-ring (bicyclic) bond motifs is 1. The summed E-state index contributed by atoms with van der Waals surface area (Å²) in [6.07, 6.45) is 4.00. The molecule has 0 bridgehead atoms. The summed E-state index contributed by atoms with van der Waals surface area (Å²) in [5.41, 5.74) is 48.8. The Labute approximate surface area is 368 Å². The highest BCUT2D eigenvalue weighted by Crippen LogP contribution is 2.18. The SMILES string of the molecule is CC(C)C[C@H](N)C(=O)O.NC(N)=NCCC[C@H](N)C(=O)O.NCC(=O)O.NCC(=O)OC(=O)[C@@H](N)Cc1ccccc1.N[C@@H](CO)C(=O)O.N[C@@H](Cc1c[nH]c2ccccc12)C(=O)O. The van der Waals surface area contributed by atoms with Gasteiger partial charge < -0.3 is 92.0 Å². The van der Waals surface area contributed by atoms with E-state index in [2.05, 4.69) is 20.4 Å². The summed E-state index contributed by atoms with van der Waals surface area (Å²) < 4.78 is 4.41. The lowest BCUT2D eigenvalue weighted by Gasteiger charge is -2.09. The molecule has 0 spiro atoms. The number of carboxylic acid groups (broad SMARTS) is 5. The standard InChI is InChI=1S/C11H14N2O3.C11H12N2O2.C6H14N4O2.C6H13NO2.C3H7NO3.C2H5NO2/c12-7-10(14)16-11(15)9(13)6-8-4-2-1-3-5-8;12-9(11(14)15)5-7-6-13-10-4-2-1-3-8(7)10;7-4(5(11)12)2-1-3-10-6(8)9;1-4(2)3-5(7)6(8)9;4-2(1-5)3(6)7;3-1-2(4)5/h1-5,9H,6-7,12-13H2;1-4,6,9,13H,5,12H2,(H,14,15);4H,1-3,7H2,(H,11,12)(H4,8,9,10);4-5H,3,7H2,1-2H3,(H,8,9);2,5H,1,4H2,(H,6,7);1,3H2,(H,4,5)/t2*9-;4-;5-;2-;/m00000./s1. The minimum atomic E-state index is -1.18. The van der Waals surface area contributed by atoms with Gasteiger partial charge in [0.15, 0.2) is 5.96 Å². The molecule has 1 aromatic heterocycles. The lowest BCUT2D eigenvalue weighted by molar-refractivity contribution is -0.159. The van der Waals surface area contributed by atoms with E-state index < -0.39 is 78.6 Å². The van der Waals surface area contributed by atoms with Gasteiger partial charge in [0.2, 0.25) is 0 Å². The van der Waals surface area contributed by atoms with Gasteiger partial charge in [0, 0.05) is 30.1 Å². The molecular weight excluding hydrogens is 846 g/mol. The fourth-order valence-corrected chi connectivity index (χ4v) is 4.14. The Bertz CT molecular complexity index is 1860. The summed E-state index contributed by atoms with van der Waals surface area (Å²) >= 11 is 0. The fraction of sp³-hybridized carbons (Fsp3) is 0.436. The van der Waals surface area contributed by atoms with Crippen LogP contribution >= 0.6 is 0 Å². The van der Waals surface area contributed by atoms with E-state index in [1.807, 2.05) is 74.6 Å². The zero-order chi connectivity index (χ0) is 49.9. The monoisotopic (exact) mass is 911 g/mol. The smallest absolute Gasteiger partial charge is 0.330 e. The fourth-order valence-electron chi connectivity index (χ4n) is 4.14. The predicted molar refractivity (Wildman–Crippen MR) is 236 cm³/mol. The van der Waals surface area contributed by atoms with Crippen LogP contribution in [-0.4, -0.2) is 140 Å². The number of benzene rings is 2. The molecule has 0 aliphatic carbocycles. The average Bonchev–Trinajstić information content (AvgIpc) is 3.65. The van der Waals surface area contributed by atoms with Crippen LogP contribution in [0.2, 0.25) is 0 Å². The number of esters is 2. The number of hydrogen-bond acceptors (Lipinski definition) is 17. The summed E-state index contributed by atoms with van der Waals surface area (Å²) in [7, 11) is 0. The first-order chi connectivity index (χ1) is 29.8. The van der Waals surface area contributed by atoms with Gasteiger partial charge in [0.05, 0.1) is 19.7 Å². The molecule has 25 nitrogen and oxygen atoms in total. The van der Waals surface area contributed by atoms with E-state index >= 15 is 0 Å². The number of rotatable bonds is 18. The molecule has 0 fully saturated rings. The quantitative estimate of drug-likeness (QED) is 0.0199. The third-order valence-electron chi connectivity index (χ3n) is 7.43. The molecule has 0 unspecified atom stereocenters. The van der Waals surface area contributed by atoms with Crippen LogP contribution in [0.25, 0.3) is 10.9 Å². The van der Waals surface area contributed by atoms with E-state index in [9.17, 15) is 33.6 Å². The molecule has 25 N–H and O–H groups in total. The first-order valence-electron chi connectivity index (χ1n) is 19.1. The van der Waals surface area contributed by atoms with Crippen LogP contribution in [0.4, 0.5) is 0 Å². The zero-order valence-electron chi connectivity index (χ0n) is 35.7. The maximum absolute atomic E-state index is 11.3. The number of aliphatic carboxylic acids is 5. The van der Waals surface area contributed by atoms with Gasteiger partial charge in [-0.05, 0) is 48.8 Å². The molecule has 1 heterocycles. The van der Waals surface area contributed by atoms with Crippen molar-refractivity contribution in [2.24, 2.45) is 62.5 Å². The Hall–Kier alpha value is -6.58. The number of aromatic nitrogens is 1. The van der Waals surface area contributed by atoms with Crippen molar-refractivity contribution in [2.75, 3.05) is 26.2 Å². The molecule has 0 saturated heterocycles. The van der Waals surface area contributed by atoms with E-state index in [0.29, 0.717) is 44.6 Å². The van der Waals surface area contributed by atoms with Gasteiger partial charge in [0.25, 0.3) is 0 Å². The molecule has 0 amide bonds. The first kappa shape index (κ1) is 61.7. The average molecular weight is 912 g/mol. The second-order valence-electron chi connectivity index (χ2n) is 13.5. The number of H-pyrrole nitrogens is 1. The van der Waals surface area contributed by atoms with Crippen molar-refractivity contribution in [3.63, 3.8) is 0 Å². The first-order valence-corrected chi connectivity index (χ1v) is 19.1. The Morgan fingerprint density at radius 1 is 0.672 bits per heavy atom. The number of carbonyl (C=O) groups is 7. The van der Waals surface area contributed by atoms with Crippen LogP contribution in [0, 0.1) is 5.92 Å². The number of nitrogens with zero attached hydrogens (tertiary/aromatic N) is 1. The van der Waals surface area contributed by atoms with Gasteiger partial charge in [-0.15, -0.1) is 0 Å². The Morgan fingerprint density at radius 2 is 1.17 bits per heavy atom. The van der Waals surface area contributed by atoms with Crippen molar-refractivity contribution in [3.8, 4) is 0 Å². The second kappa shape index (κ2) is 36.0. The molecular formula is C39H65N11O14. The molecule has 64 heavy (non-hydrogen) atoms. The maximum atomic E-state index is 11.3. The van der Waals surface area contributed by atoms with Gasteiger partial charge in [0.1, 0.15) is 30.2 Å². The van der Waals surface area contributed by atoms with Crippen molar-refractivity contribution in [1.82, 2.24) is 4.98 Å². The van der Waals surface area contributed by atoms with Crippen LogP contribution in [0.15, 0.2) is 65.8 Å². The molecule has 0 saturated carbocycles. The van der Waals surface area contributed by atoms with Crippen LogP contribution in [-0.2, 0) is 51.1 Å². The summed E-state index contributed by atoms with van der Waals surface area (Å²) in [4.78, 5) is 78.7. The van der Waals surface area contributed by atoms with Crippen molar-refractivity contribution in [3.05, 3.63) is 71.9 Å². The van der Waals surface area contributed by atoms with E-state index in [4.69, 9.17) is 76.5 Å². The van der Waals surface area contributed by atoms with Crippen LogP contribution in [0.5, 0.6) is 0 Å². The van der Waals surface area contributed by atoms with Crippen molar-refractivity contribution in [2.45, 2.75) is 76.2 Å². The van der Waals surface area contributed by atoms with Gasteiger partial charge in [-0.1, -0.05) is 62.4 Å². The van der Waals surface area contributed by atoms with Crippen molar-refractivity contribution in [1.29, 1.82) is 0 Å². The molecule has 3 aromatic rings. The Kier molecular flexibility index (Phi) is 34.7. The molecule has 25 heteroatoms. The van der Waals surface area contributed by atoms with Gasteiger partial charge >= 0.3 is 41.8 Å². The number of para-hydroxylation sites is 1. The Balaban J connectivity index is -0.000000726. The summed E-state index contributed by atoms with van der Waals surface area (Å²) in [5, 5.41) is 49.9.